The van der Waals surface area contributed by atoms with E-state index in [0.717, 1.165) is 22.2 Å². The minimum atomic E-state index is 0.439. The predicted molar refractivity (Wildman–Crippen MR) is 75.4 cm³/mol. The zero-order valence-corrected chi connectivity index (χ0v) is 12.4. The van der Waals surface area contributed by atoms with Crippen LogP contribution in [-0.4, -0.2) is 9.97 Å². The molecule has 1 aromatic heterocycles. The average Bonchev–Trinajstić information content (AvgIpc) is 2.37. The van der Waals surface area contributed by atoms with E-state index in [-0.39, 0.29) is 0 Å². The smallest absolute Gasteiger partial charge is 0.226 e. The van der Waals surface area contributed by atoms with E-state index >= 15 is 0 Å². The van der Waals surface area contributed by atoms with Crippen LogP contribution in [0.25, 0.3) is 0 Å². The third kappa shape index (κ3) is 3.00. The summed E-state index contributed by atoms with van der Waals surface area (Å²) < 4.78 is 6.73. The standard InChI is InChI=1S/C13H12BrClN2O/c1-3-11-16-12(15)8(2)13(17-11)18-10-6-4-9(14)5-7-10/h4-7H,3H2,1-2H3. The summed E-state index contributed by atoms with van der Waals surface area (Å²) in [5.41, 5.74) is 0.747. The van der Waals surface area contributed by atoms with Crippen LogP contribution in [0.5, 0.6) is 11.6 Å². The maximum Gasteiger partial charge on any atom is 0.226 e. The number of hydrogen-bond donors (Lipinski definition) is 0. The van der Waals surface area contributed by atoms with E-state index in [1.54, 1.807) is 0 Å². The Hall–Kier alpha value is -1.13. The lowest BCUT2D eigenvalue weighted by atomic mass is 10.3. The summed E-state index contributed by atoms with van der Waals surface area (Å²) in [6, 6.07) is 7.55. The van der Waals surface area contributed by atoms with Crippen LogP contribution in [0.3, 0.4) is 0 Å². The Kier molecular flexibility index (Phi) is 4.19. The third-order valence-electron chi connectivity index (χ3n) is 2.43. The Labute approximate surface area is 119 Å². The lowest BCUT2D eigenvalue weighted by Crippen LogP contribution is -2.00. The van der Waals surface area contributed by atoms with Gasteiger partial charge in [-0.25, -0.2) is 4.98 Å². The first-order valence-electron chi connectivity index (χ1n) is 5.56. The molecule has 0 aliphatic carbocycles. The fourth-order valence-corrected chi connectivity index (χ4v) is 1.83. The van der Waals surface area contributed by atoms with Crippen molar-refractivity contribution in [2.75, 3.05) is 0 Å². The van der Waals surface area contributed by atoms with Gasteiger partial charge in [0.05, 0.1) is 0 Å². The van der Waals surface area contributed by atoms with Crippen LogP contribution in [0, 0.1) is 6.92 Å². The van der Waals surface area contributed by atoms with Gasteiger partial charge in [-0.1, -0.05) is 34.5 Å². The molecule has 0 aliphatic heterocycles. The molecule has 2 rings (SSSR count). The van der Waals surface area contributed by atoms with Gasteiger partial charge in [-0.3, -0.25) is 0 Å². The molecule has 18 heavy (non-hydrogen) atoms. The summed E-state index contributed by atoms with van der Waals surface area (Å²) in [5.74, 6) is 1.91. The first kappa shape index (κ1) is 13.3. The van der Waals surface area contributed by atoms with Gasteiger partial charge in [0, 0.05) is 16.5 Å². The van der Waals surface area contributed by atoms with Gasteiger partial charge in [-0.2, -0.15) is 4.98 Å². The van der Waals surface area contributed by atoms with Gasteiger partial charge in [0.15, 0.2) is 0 Å². The molecule has 5 heteroatoms. The highest BCUT2D eigenvalue weighted by Gasteiger charge is 2.10. The van der Waals surface area contributed by atoms with Crippen molar-refractivity contribution < 1.29 is 4.74 Å². The minimum Gasteiger partial charge on any atom is -0.439 e. The Bertz CT molecular complexity index is 558. The first-order chi connectivity index (χ1) is 8.60. The van der Waals surface area contributed by atoms with Crippen molar-refractivity contribution in [2.45, 2.75) is 20.3 Å². The number of aryl methyl sites for hydroxylation is 1. The molecule has 0 atom stereocenters. The highest BCUT2D eigenvalue weighted by Crippen LogP contribution is 2.27. The van der Waals surface area contributed by atoms with Gasteiger partial charge in [-0.15, -0.1) is 0 Å². The number of nitrogens with zero attached hydrogens (tertiary/aromatic N) is 2. The van der Waals surface area contributed by atoms with Gasteiger partial charge >= 0.3 is 0 Å². The maximum atomic E-state index is 6.05. The second kappa shape index (κ2) is 5.67. The number of halogens is 2. The molecule has 0 saturated heterocycles. The van der Waals surface area contributed by atoms with Crippen LogP contribution < -0.4 is 4.74 Å². The van der Waals surface area contributed by atoms with E-state index in [1.807, 2.05) is 38.1 Å². The molecule has 1 aromatic carbocycles. The average molecular weight is 328 g/mol. The Morgan fingerprint density at radius 3 is 2.50 bits per heavy atom. The van der Waals surface area contributed by atoms with Crippen LogP contribution in [0.1, 0.15) is 18.3 Å². The molecule has 0 amide bonds. The Morgan fingerprint density at radius 1 is 1.22 bits per heavy atom. The highest BCUT2D eigenvalue weighted by molar-refractivity contribution is 9.10. The summed E-state index contributed by atoms with van der Waals surface area (Å²) in [7, 11) is 0. The topological polar surface area (TPSA) is 35.0 Å². The molecule has 0 radical (unpaired) electrons. The summed E-state index contributed by atoms with van der Waals surface area (Å²) in [5, 5.41) is 0.439. The van der Waals surface area contributed by atoms with E-state index in [4.69, 9.17) is 16.3 Å². The lowest BCUT2D eigenvalue weighted by molar-refractivity contribution is 0.454. The molecular weight excluding hydrogens is 316 g/mol. The molecule has 0 unspecified atom stereocenters. The zero-order chi connectivity index (χ0) is 13.1. The maximum absolute atomic E-state index is 6.05. The number of hydrogen-bond acceptors (Lipinski definition) is 3. The van der Waals surface area contributed by atoms with Gasteiger partial charge in [0.25, 0.3) is 0 Å². The van der Waals surface area contributed by atoms with Gasteiger partial charge < -0.3 is 4.74 Å². The summed E-state index contributed by atoms with van der Waals surface area (Å²) >= 11 is 9.43. The van der Waals surface area contributed by atoms with E-state index in [0.29, 0.717) is 16.9 Å². The Balaban J connectivity index is 2.33. The van der Waals surface area contributed by atoms with E-state index in [2.05, 4.69) is 25.9 Å². The Morgan fingerprint density at radius 2 is 1.89 bits per heavy atom. The van der Waals surface area contributed by atoms with Gasteiger partial charge in [-0.05, 0) is 31.2 Å². The van der Waals surface area contributed by atoms with E-state index in [1.165, 1.54) is 0 Å². The minimum absolute atomic E-state index is 0.439. The molecule has 0 bridgehead atoms. The molecule has 1 heterocycles. The molecule has 0 fully saturated rings. The SMILES string of the molecule is CCc1nc(Cl)c(C)c(Oc2ccc(Br)cc2)n1. The van der Waals surface area contributed by atoms with Crippen molar-refractivity contribution in [2.24, 2.45) is 0 Å². The van der Waals surface area contributed by atoms with Gasteiger partial charge in [0.2, 0.25) is 5.88 Å². The highest BCUT2D eigenvalue weighted by atomic mass is 79.9. The number of rotatable bonds is 3. The number of ether oxygens (including phenoxy) is 1. The molecule has 0 saturated carbocycles. The van der Waals surface area contributed by atoms with Crippen molar-refractivity contribution in [1.82, 2.24) is 9.97 Å². The van der Waals surface area contributed by atoms with Crippen molar-refractivity contribution in [3.63, 3.8) is 0 Å². The summed E-state index contributed by atoms with van der Waals surface area (Å²) in [6.45, 7) is 3.82. The quantitative estimate of drug-likeness (QED) is 0.775. The van der Waals surface area contributed by atoms with Crippen LogP contribution >= 0.6 is 27.5 Å². The first-order valence-corrected chi connectivity index (χ1v) is 6.73. The van der Waals surface area contributed by atoms with Crippen molar-refractivity contribution in [3.8, 4) is 11.6 Å². The molecular formula is C13H12BrClN2O. The normalized spacial score (nSPS) is 10.4. The van der Waals surface area contributed by atoms with E-state index < -0.39 is 0 Å². The predicted octanol–water partition coefficient (Wildman–Crippen LogP) is 4.56. The van der Waals surface area contributed by atoms with Gasteiger partial charge in [0.1, 0.15) is 16.7 Å². The third-order valence-corrected chi connectivity index (χ3v) is 3.33. The summed E-state index contributed by atoms with van der Waals surface area (Å²) in [4.78, 5) is 8.51. The largest absolute Gasteiger partial charge is 0.439 e. The van der Waals surface area contributed by atoms with Crippen LogP contribution in [-0.2, 0) is 6.42 Å². The lowest BCUT2D eigenvalue weighted by Gasteiger charge is -2.09. The van der Waals surface area contributed by atoms with E-state index in [9.17, 15) is 0 Å². The monoisotopic (exact) mass is 326 g/mol. The second-order valence-electron chi connectivity index (χ2n) is 3.77. The molecule has 94 valence electrons. The molecule has 3 nitrogen and oxygen atoms in total. The van der Waals surface area contributed by atoms with Crippen molar-refractivity contribution in [3.05, 3.63) is 45.3 Å². The molecule has 0 spiro atoms. The van der Waals surface area contributed by atoms with Crippen LogP contribution in [0.4, 0.5) is 0 Å². The second-order valence-corrected chi connectivity index (χ2v) is 5.04. The summed E-state index contributed by atoms with van der Waals surface area (Å²) in [6.07, 6.45) is 0.719. The van der Waals surface area contributed by atoms with Crippen molar-refractivity contribution in [1.29, 1.82) is 0 Å². The molecule has 0 N–H and O–H groups in total. The molecule has 2 aromatic rings. The number of aromatic nitrogens is 2. The molecule has 0 aliphatic rings. The van der Waals surface area contributed by atoms with Crippen LogP contribution in [0.15, 0.2) is 28.7 Å². The fourth-order valence-electron chi connectivity index (χ4n) is 1.38. The fraction of sp³-hybridized carbons (Fsp3) is 0.231. The number of benzene rings is 1. The van der Waals surface area contributed by atoms with Crippen LogP contribution in [0.2, 0.25) is 5.15 Å². The van der Waals surface area contributed by atoms with Crippen molar-refractivity contribution >= 4 is 27.5 Å². The zero-order valence-electron chi connectivity index (χ0n) is 10.1.